The second kappa shape index (κ2) is 9.47. The summed E-state index contributed by atoms with van der Waals surface area (Å²) in [5, 5.41) is 0. The van der Waals surface area contributed by atoms with Crippen LogP contribution in [0.1, 0.15) is 32.4 Å². The Morgan fingerprint density at radius 2 is 1.93 bits per heavy atom. The van der Waals surface area contributed by atoms with Crippen molar-refractivity contribution in [1.29, 1.82) is 0 Å². The topological polar surface area (TPSA) is 93.9 Å². The summed E-state index contributed by atoms with van der Waals surface area (Å²) in [6.45, 7) is 3.68. The Bertz CT molecular complexity index is 982. The van der Waals surface area contributed by atoms with Crippen LogP contribution >= 0.6 is 0 Å². The van der Waals surface area contributed by atoms with Crippen LogP contribution in [0.25, 0.3) is 11.3 Å². The largest absolute Gasteiger partial charge is 0.461 e. The maximum absolute atomic E-state index is 12.7. The standard InChI is InChI=1S/C22H27NO6S/c1-3-23(18-13-14-30(26,27)15-18)22(25)16(2)28-21(24)12-10-19-9-11-20(29-19)17-7-5-4-6-8-17/h4-9,11,16,18H,3,10,12-15H2,1-2H3. The van der Waals surface area contributed by atoms with Crippen molar-refractivity contribution in [1.82, 2.24) is 4.90 Å². The van der Waals surface area contributed by atoms with Crippen molar-refractivity contribution < 1.29 is 27.2 Å². The van der Waals surface area contributed by atoms with Crippen molar-refractivity contribution in [2.75, 3.05) is 18.1 Å². The zero-order chi connectivity index (χ0) is 21.7. The van der Waals surface area contributed by atoms with Gasteiger partial charge in [-0.2, -0.15) is 0 Å². The SMILES string of the molecule is CCN(C(=O)C(C)OC(=O)CCc1ccc(-c2ccccc2)o1)C1CCS(=O)(=O)C1. The summed E-state index contributed by atoms with van der Waals surface area (Å²) < 4.78 is 34.5. The minimum Gasteiger partial charge on any atom is -0.461 e. The molecule has 8 heteroatoms. The van der Waals surface area contributed by atoms with Gasteiger partial charge in [0.15, 0.2) is 15.9 Å². The van der Waals surface area contributed by atoms with E-state index in [2.05, 4.69) is 0 Å². The third-order valence-electron chi connectivity index (χ3n) is 5.22. The van der Waals surface area contributed by atoms with E-state index in [9.17, 15) is 18.0 Å². The summed E-state index contributed by atoms with van der Waals surface area (Å²) in [4.78, 5) is 26.4. The number of esters is 1. The molecule has 0 aliphatic carbocycles. The normalized spacial score (nSPS) is 18.7. The molecule has 1 aromatic carbocycles. The highest BCUT2D eigenvalue weighted by Gasteiger charge is 2.36. The van der Waals surface area contributed by atoms with E-state index >= 15 is 0 Å². The lowest BCUT2D eigenvalue weighted by Crippen LogP contribution is -2.46. The number of nitrogens with zero attached hydrogens (tertiary/aromatic N) is 1. The molecule has 1 aliphatic rings. The van der Waals surface area contributed by atoms with E-state index < -0.39 is 21.9 Å². The highest BCUT2D eigenvalue weighted by Crippen LogP contribution is 2.23. The van der Waals surface area contributed by atoms with Crippen molar-refractivity contribution in [3.05, 3.63) is 48.2 Å². The maximum atomic E-state index is 12.7. The average Bonchev–Trinajstić information content (AvgIpc) is 3.34. The zero-order valence-electron chi connectivity index (χ0n) is 17.2. The molecule has 0 bridgehead atoms. The van der Waals surface area contributed by atoms with Crippen LogP contribution < -0.4 is 0 Å². The Labute approximate surface area is 176 Å². The van der Waals surface area contributed by atoms with Gasteiger partial charge in [0, 0.05) is 24.6 Å². The lowest BCUT2D eigenvalue weighted by molar-refractivity contribution is -0.160. The van der Waals surface area contributed by atoms with Gasteiger partial charge in [-0.15, -0.1) is 0 Å². The number of benzene rings is 1. The van der Waals surface area contributed by atoms with Gasteiger partial charge in [0.25, 0.3) is 5.91 Å². The van der Waals surface area contributed by atoms with E-state index in [0.717, 1.165) is 11.3 Å². The number of carbonyl (C=O) groups excluding carboxylic acids is 2. The minimum atomic E-state index is -3.10. The molecule has 1 aliphatic heterocycles. The quantitative estimate of drug-likeness (QED) is 0.594. The number of hydrogen-bond donors (Lipinski definition) is 0. The second-order valence-corrected chi connectivity index (χ2v) is 9.67. The van der Waals surface area contributed by atoms with E-state index in [1.54, 1.807) is 6.92 Å². The Balaban J connectivity index is 1.50. The van der Waals surface area contributed by atoms with Gasteiger partial charge in [0.05, 0.1) is 17.9 Å². The van der Waals surface area contributed by atoms with E-state index in [1.807, 2.05) is 42.5 Å². The van der Waals surface area contributed by atoms with Crippen molar-refractivity contribution in [2.45, 2.75) is 45.3 Å². The maximum Gasteiger partial charge on any atom is 0.307 e. The molecule has 1 aromatic heterocycles. The molecule has 1 saturated heterocycles. The van der Waals surface area contributed by atoms with Crippen molar-refractivity contribution in [2.24, 2.45) is 0 Å². The third-order valence-corrected chi connectivity index (χ3v) is 6.97. The highest BCUT2D eigenvalue weighted by atomic mass is 32.2. The summed E-state index contributed by atoms with van der Waals surface area (Å²) in [6, 6.07) is 13.0. The molecule has 0 radical (unpaired) electrons. The molecule has 2 unspecified atom stereocenters. The molecular formula is C22H27NO6S. The minimum absolute atomic E-state index is 0.0323. The van der Waals surface area contributed by atoms with Gasteiger partial charge >= 0.3 is 5.97 Å². The fourth-order valence-corrected chi connectivity index (χ4v) is 5.38. The Hall–Kier alpha value is -2.61. The number of furan rings is 1. The first-order valence-electron chi connectivity index (χ1n) is 10.1. The first-order chi connectivity index (χ1) is 14.3. The van der Waals surface area contributed by atoms with Crippen LogP contribution in [0.5, 0.6) is 0 Å². The molecule has 1 fully saturated rings. The fraction of sp³-hybridized carbons (Fsp3) is 0.455. The lowest BCUT2D eigenvalue weighted by Gasteiger charge is -2.29. The van der Waals surface area contributed by atoms with Gasteiger partial charge in [0.1, 0.15) is 11.5 Å². The molecule has 2 heterocycles. The Morgan fingerprint density at radius 3 is 2.57 bits per heavy atom. The number of hydrogen-bond acceptors (Lipinski definition) is 6. The average molecular weight is 434 g/mol. The number of likely N-dealkylation sites (N-methyl/N-ethyl adjacent to an activating group) is 1. The predicted molar refractivity (Wildman–Crippen MR) is 112 cm³/mol. The number of aryl methyl sites for hydroxylation is 1. The van der Waals surface area contributed by atoms with Crippen molar-refractivity contribution in [3.8, 4) is 11.3 Å². The molecule has 1 amide bonds. The number of amides is 1. The van der Waals surface area contributed by atoms with Crippen LogP contribution in [0.4, 0.5) is 0 Å². The van der Waals surface area contributed by atoms with E-state index in [4.69, 9.17) is 9.15 Å². The van der Waals surface area contributed by atoms with Gasteiger partial charge < -0.3 is 14.1 Å². The number of sulfone groups is 1. The first-order valence-corrected chi connectivity index (χ1v) is 12.0. The third kappa shape index (κ3) is 5.50. The highest BCUT2D eigenvalue weighted by molar-refractivity contribution is 7.91. The molecular weight excluding hydrogens is 406 g/mol. The molecule has 2 atom stereocenters. The molecule has 2 aromatic rings. The second-order valence-electron chi connectivity index (χ2n) is 7.45. The zero-order valence-corrected chi connectivity index (χ0v) is 18.1. The number of rotatable bonds is 8. The summed E-state index contributed by atoms with van der Waals surface area (Å²) in [7, 11) is -3.10. The molecule has 0 N–H and O–H groups in total. The summed E-state index contributed by atoms with van der Waals surface area (Å²) in [5.41, 5.74) is 0.958. The van der Waals surface area contributed by atoms with Crippen LogP contribution in [-0.2, 0) is 30.6 Å². The molecule has 7 nitrogen and oxygen atoms in total. The summed E-state index contributed by atoms with van der Waals surface area (Å²) in [6.07, 6.45) is -0.0868. The Morgan fingerprint density at radius 1 is 1.20 bits per heavy atom. The molecule has 0 spiro atoms. The fourth-order valence-electron chi connectivity index (χ4n) is 3.65. The van der Waals surface area contributed by atoms with E-state index in [0.29, 0.717) is 25.1 Å². The van der Waals surface area contributed by atoms with Gasteiger partial charge in [0.2, 0.25) is 0 Å². The molecule has 30 heavy (non-hydrogen) atoms. The summed E-state index contributed by atoms with van der Waals surface area (Å²) >= 11 is 0. The van der Waals surface area contributed by atoms with Crippen LogP contribution in [0, 0.1) is 0 Å². The Kier molecular flexibility index (Phi) is 6.97. The van der Waals surface area contributed by atoms with Crippen LogP contribution in [0.15, 0.2) is 46.9 Å². The van der Waals surface area contributed by atoms with Gasteiger partial charge in [-0.3, -0.25) is 9.59 Å². The summed E-state index contributed by atoms with van der Waals surface area (Å²) in [5.74, 6) is 0.587. The van der Waals surface area contributed by atoms with Gasteiger partial charge in [-0.25, -0.2) is 8.42 Å². The van der Waals surface area contributed by atoms with E-state index in [-0.39, 0.29) is 29.9 Å². The van der Waals surface area contributed by atoms with E-state index in [1.165, 1.54) is 11.8 Å². The first kappa shape index (κ1) is 22.1. The molecule has 3 rings (SSSR count). The van der Waals surface area contributed by atoms with Gasteiger partial charge in [-0.05, 0) is 32.4 Å². The predicted octanol–water partition coefficient (Wildman–Crippen LogP) is 2.85. The monoisotopic (exact) mass is 433 g/mol. The van der Waals surface area contributed by atoms with Crippen LogP contribution in [0.2, 0.25) is 0 Å². The van der Waals surface area contributed by atoms with Crippen molar-refractivity contribution in [3.63, 3.8) is 0 Å². The van der Waals surface area contributed by atoms with Crippen LogP contribution in [-0.4, -0.2) is 55.4 Å². The van der Waals surface area contributed by atoms with Crippen LogP contribution in [0.3, 0.4) is 0 Å². The van der Waals surface area contributed by atoms with Gasteiger partial charge in [-0.1, -0.05) is 30.3 Å². The molecule has 0 saturated carbocycles. The van der Waals surface area contributed by atoms with Crippen molar-refractivity contribution >= 4 is 21.7 Å². The molecule has 162 valence electrons. The number of ether oxygens (including phenoxy) is 1. The smallest absolute Gasteiger partial charge is 0.307 e. The number of carbonyl (C=O) groups is 2. The lowest BCUT2D eigenvalue weighted by atomic mass is 10.2.